The zero-order chi connectivity index (χ0) is 13.4. The van der Waals surface area contributed by atoms with Gasteiger partial charge in [0.1, 0.15) is 16.6 Å². The minimum absolute atomic E-state index is 0.440. The molecule has 0 radical (unpaired) electrons. The van der Waals surface area contributed by atoms with Crippen molar-refractivity contribution in [1.82, 2.24) is 5.16 Å². The molecule has 1 heterocycles. The number of hydrogen-bond acceptors (Lipinski definition) is 4. The third-order valence-corrected chi connectivity index (χ3v) is 2.47. The van der Waals surface area contributed by atoms with Gasteiger partial charge in [-0.3, -0.25) is 0 Å². The van der Waals surface area contributed by atoms with Gasteiger partial charge < -0.3 is 14.7 Å². The number of benzene rings is 1. The number of hydrogen-bond donors (Lipinski definition) is 2. The fourth-order valence-electron chi connectivity index (χ4n) is 1.30. The first-order valence-electron chi connectivity index (χ1n) is 4.48. The second-order valence-corrected chi connectivity index (χ2v) is 3.64. The Morgan fingerprint density at radius 2 is 2.06 bits per heavy atom. The maximum absolute atomic E-state index is 13.7. The summed E-state index contributed by atoms with van der Waals surface area (Å²) in [6.07, 6.45) is 0. The van der Waals surface area contributed by atoms with Gasteiger partial charge in [-0.25, -0.2) is 13.6 Å². The number of aromatic nitrogens is 1. The van der Waals surface area contributed by atoms with E-state index in [1.807, 2.05) is 0 Å². The Labute approximate surface area is 103 Å². The van der Waals surface area contributed by atoms with E-state index < -0.39 is 45.4 Å². The van der Waals surface area contributed by atoms with Crippen molar-refractivity contribution in [2.45, 2.75) is 0 Å². The molecule has 0 aliphatic heterocycles. The van der Waals surface area contributed by atoms with Gasteiger partial charge in [-0.15, -0.1) is 0 Å². The van der Waals surface area contributed by atoms with Crippen molar-refractivity contribution in [3.63, 3.8) is 0 Å². The average Bonchev–Trinajstić information content (AvgIpc) is 2.75. The summed E-state index contributed by atoms with van der Waals surface area (Å²) in [6, 6.07) is 1.43. The van der Waals surface area contributed by atoms with Crippen molar-refractivity contribution in [2.75, 3.05) is 0 Å². The van der Waals surface area contributed by atoms with Crippen LogP contribution >= 0.6 is 11.6 Å². The number of rotatable bonds is 2. The van der Waals surface area contributed by atoms with Gasteiger partial charge in [0.2, 0.25) is 0 Å². The van der Waals surface area contributed by atoms with Crippen molar-refractivity contribution in [3.8, 4) is 17.1 Å². The molecule has 0 saturated carbocycles. The van der Waals surface area contributed by atoms with E-state index in [-0.39, 0.29) is 0 Å². The third kappa shape index (κ3) is 1.88. The van der Waals surface area contributed by atoms with Crippen LogP contribution in [0.4, 0.5) is 8.78 Å². The molecular weight excluding hydrogens is 272 g/mol. The zero-order valence-corrected chi connectivity index (χ0v) is 9.20. The van der Waals surface area contributed by atoms with E-state index in [0.29, 0.717) is 6.07 Å². The molecule has 0 unspecified atom stereocenters. The quantitative estimate of drug-likeness (QED) is 0.823. The molecule has 0 aliphatic carbocycles. The number of phenols is 1. The van der Waals surface area contributed by atoms with Crippen LogP contribution < -0.4 is 0 Å². The van der Waals surface area contributed by atoms with Gasteiger partial charge in [0.15, 0.2) is 17.3 Å². The standard InChI is InChI=1S/C10H4ClF2NO4/c11-8-5(15)1-3(12)7(9(8)13)6-2-4(10(16)17)14-18-6/h1-2,15H,(H,16,17). The number of phenolic OH excluding ortho intramolecular Hbond substituents is 1. The van der Waals surface area contributed by atoms with E-state index in [2.05, 4.69) is 9.68 Å². The van der Waals surface area contributed by atoms with E-state index in [1.165, 1.54) is 0 Å². The molecule has 0 bridgehead atoms. The van der Waals surface area contributed by atoms with Crippen LogP contribution in [0.15, 0.2) is 16.7 Å². The first kappa shape index (κ1) is 12.3. The number of carboxylic acid groups (broad SMARTS) is 1. The number of halogens is 3. The van der Waals surface area contributed by atoms with Gasteiger partial charge in [-0.05, 0) is 0 Å². The molecule has 5 nitrogen and oxygen atoms in total. The maximum atomic E-state index is 13.7. The highest BCUT2D eigenvalue weighted by atomic mass is 35.5. The van der Waals surface area contributed by atoms with Crippen molar-refractivity contribution in [2.24, 2.45) is 0 Å². The number of nitrogens with zero attached hydrogens (tertiary/aromatic N) is 1. The summed E-state index contributed by atoms with van der Waals surface area (Å²) in [5, 5.41) is 20.1. The van der Waals surface area contributed by atoms with Gasteiger partial charge in [-0.1, -0.05) is 16.8 Å². The lowest BCUT2D eigenvalue weighted by molar-refractivity contribution is 0.0686. The lowest BCUT2D eigenvalue weighted by Gasteiger charge is -2.04. The van der Waals surface area contributed by atoms with E-state index in [9.17, 15) is 13.6 Å². The Morgan fingerprint density at radius 1 is 1.39 bits per heavy atom. The van der Waals surface area contributed by atoms with Crippen molar-refractivity contribution >= 4 is 17.6 Å². The number of aromatic hydroxyl groups is 1. The molecule has 0 spiro atoms. The monoisotopic (exact) mass is 275 g/mol. The largest absolute Gasteiger partial charge is 0.506 e. The molecule has 1 aromatic carbocycles. The summed E-state index contributed by atoms with van der Waals surface area (Å²) in [4.78, 5) is 10.6. The first-order valence-corrected chi connectivity index (χ1v) is 4.86. The normalized spacial score (nSPS) is 10.6. The van der Waals surface area contributed by atoms with Crippen LogP contribution in [0.2, 0.25) is 5.02 Å². The Kier molecular flexibility index (Phi) is 2.92. The summed E-state index contributed by atoms with van der Waals surface area (Å²) >= 11 is 5.40. The van der Waals surface area contributed by atoms with Crippen LogP contribution in [0.25, 0.3) is 11.3 Å². The number of aromatic carboxylic acids is 1. The van der Waals surface area contributed by atoms with Crippen LogP contribution in [0.1, 0.15) is 10.5 Å². The third-order valence-electron chi connectivity index (χ3n) is 2.12. The second-order valence-electron chi connectivity index (χ2n) is 3.26. The molecule has 0 saturated heterocycles. The highest BCUT2D eigenvalue weighted by molar-refractivity contribution is 6.32. The summed E-state index contributed by atoms with van der Waals surface area (Å²) in [7, 11) is 0. The van der Waals surface area contributed by atoms with Crippen molar-refractivity contribution < 1.29 is 28.3 Å². The van der Waals surface area contributed by atoms with E-state index >= 15 is 0 Å². The maximum Gasteiger partial charge on any atom is 0.358 e. The average molecular weight is 276 g/mol. The molecule has 0 aliphatic rings. The second kappa shape index (κ2) is 4.26. The Hall–Kier alpha value is -2.15. The lowest BCUT2D eigenvalue weighted by atomic mass is 10.1. The Bertz CT molecular complexity index is 641. The minimum atomic E-state index is -1.41. The van der Waals surface area contributed by atoms with Crippen molar-refractivity contribution in [3.05, 3.63) is 34.5 Å². The molecule has 8 heteroatoms. The highest BCUT2D eigenvalue weighted by Gasteiger charge is 2.23. The molecule has 18 heavy (non-hydrogen) atoms. The van der Waals surface area contributed by atoms with Gasteiger partial charge in [0.05, 0.1) is 5.56 Å². The van der Waals surface area contributed by atoms with Crippen LogP contribution in [0.5, 0.6) is 5.75 Å². The lowest BCUT2D eigenvalue weighted by Crippen LogP contribution is -1.95. The summed E-state index contributed by atoms with van der Waals surface area (Å²) in [6.45, 7) is 0. The minimum Gasteiger partial charge on any atom is -0.506 e. The molecule has 94 valence electrons. The van der Waals surface area contributed by atoms with Crippen LogP contribution in [-0.2, 0) is 0 Å². The molecule has 2 N–H and O–H groups in total. The fraction of sp³-hybridized carbons (Fsp3) is 0. The number of carbonyl (C=O) groups is 1. The molecule has 0 amide bonds. The predicted octanol–water partition coefficient (Wildman–Crippen LogP) is 2.68. The van der Waals surface area contributed by atoms with E-state index in [4.69, 9.17) is 21.8 Å². The van der Waals surface area contributed by atoms with Gasteiger partial charge in [-0.2, -0.15) is 0 Å². The molecular formula is C10H4ClF2NO4. The van der Waals surface area contributed by atoms with Gasteiger partial charge in [0, 0.05) is 12.1 Å². The van der Waals surface area contributed by atoms with Crippen LogP contribution in [-0.4, -0.2) is 21.3 Å². The van der Waals surface area contributed by atoms with Gasteiger partial charge >= 0.3 is 5.97 Å². The van der Waals surface area contributed by atoms with E-state index in [1.54, 1.807) is 0 Å². The topological polar surface area (TPSA) is 83.6 Å². The smallest absolute Gasteiger partial charge is 0.358 e. The highest BCUT2D eigenvalue weighted by Crippen LogP contribution is 2.36. The molecule has 2 aromatic rings. The Morgan fingerprint density at radius 3 is 2.61 bits per heavy atom. The first-order chi connectivity index (χ1) is 8.41. The molecule has 1 aromatic heterocycles. The number of carboxylic acids is 1. The fourth-order valence-corrected chi connectivity index (χ4v) is 1.45. The SMILES string of the molecule is O=C(O)c1cc(-c2c(F)cc(O)c(Cl)c2F)on1. The zero-order valence-electron chi connectivity index (χ0n) is 8.45. The Balaban J connectivity index is 2.63. The van der Waals surface area contributed by atoms with Gasteiger partial charge in [0.25, 0.3) is 0 Å². The van der Waals surface area contributed by atoms with Crippen molar-refractivity contribution in [1.29, 1.82) is 0 Å². The summed E-state index contributed by atoms with van der Waals surface area (Å²) in [5.41, 5.74) is -1.20. The van der Waals surface area contributed by atoms with Crippen LogP contribution in [0.3, 0.4) is 0 Å². The molecule has 2 rings (SSSR count). The summed E-state index contributed by atoms with van der Waals surface area (Å²) in [5.74, 6) is -5.03. The van der Waals surface area contributed by atoms with Crippen LogP contribution in [0, 0.1) is 11.6 Å². The molecule has 0 fully saturated rings. The van der Waals surface area contributed by atoms with E-state index in [0.717, 1.165) is 6.07 Å². The predicted molar refractivity (Wildman–Crippen MR) is 55.5 cm³/mol. The summed E-state index contributed by atoms with van der Waals surface area (Å²) < 4.78 is 31.7. The molecule has 0 atom stereocenters.